The molecule has 1 amide bonds. The molecule has 0 aromatic heterocycles. The molecule has 3 aliphatic heterocycles. The lowest BCUT2D eigenvalue weighted by Crippen LogP contribution is -2.55. The summed E-state index contributed by atoms with van der Waals surface area (Å²) in [5.41, 5.74) is -0.138. The number of rotatable bonds is 0. The summed E-state index contributed by atoms with van der Waals surface area (Å²) in [6.07, 6.45) is 4.80. The first kappa shape index (κ1) is 9.60. The van der Waals surface area contributed by atoms with Crippen molar-refractivity contribution < 1.29 is 4.79 Å². The lowest BCUT2D eigenvalue weighted by atomic mass is 9.87. The number of hydrogen-bond donors (Lipinski definition) is 1. The van der Waals surface area contributed by atoms with Crippen molar-refractivity contribution in [3.8, 4) is 0 Å². The number of amides is 1. The van der Waals surface area contributed by atoms with E-state index in [-0.39, 0.29) is 5.54 Å². The molecule has 0 radical (unpaired) electrons. The molecule has 1 spiro atoms. The van der Waals surface area contributed by atoms with Crippen LogP contribution in [0.15, 0.2) is 0 Å². The van der Waals surface area contributed by atoms with E-state index in [0.29, 0.717) is 12.1 Å². The normalized spacial score (nSPS) is 35.1. The lowest BCUT2D eigenvalue weighted by Gasteiger charge is -2.38. The van der Waals surface area contributed by atoms with Crippen LogP contribution in [0.2, 0.25) is 0 Å². The zero-order valence-corrected chi connectivity index (χ0v) is 9.33. The first-order valence-electron chi connectivity index (χ1n) is 6.00. The second kappa shape index (κ2) is 3.19. The van der Waals surface area contributed by atoms with Gasteiger partial charge in [-0.05, 0) is 38.8 Å². The van der Waals surface area contributed by atoms with E-state index >= 15 is 0 Å². The minimum atomic E-state index is -0.138. The van der Waals surface area contributed by atoms with E-state index in [0.717, 1.165) is 38.9 Å². The average Bonchev–Trinajstić information content (AvgIpc) is 2.82. The van der Waals surface area contributed by atoms with Crippen LogP contribution in [-0.2, 0) is 4.79 Å². The van der Waals surface area contributed by atoms with Gasteiger partial charge in [0.1, 0.15) is 5.54 Å². The summed E-state index contributed by atoms with van der Waals surface area (Å²) in [7, 11) is 1.97. The van der Waals surface area contributed by atoms with E-state index in [1.54, 1.807) is 0 Å². The van der Waals surface area contributed by atoms with Gasteiger partial charge >= 0.3 is 0 Å². The molecule has 0 saturated carbocycles. The van der Waals surface area contributed by atoms with Crippen molar-refractivity contribution in [2.45, 2.75) is 37.4 Å². The van der Waals surface area contributed by atoms with Crippen LogP contribution >= 0.6 is 0 Å². The predicted molar refractivity (Wildman–Crippen MR) is 57.3 cm³/mol. The second-order valence-electron chi connectivity index (χ2n) is 5.01. The molecule has 4 heteroatoms. The average molecular weight is 209 g/mol. The summed E-state index contributed by atoms with van der Waals surface area (Å²) in [6.45, 7) is 3.09. The quantitative estimate of drug-likeness (QED) is 0.610. The molecule has 84 valence electrons. The third kappa shape index (κ3) is 1.12. The van der Waals surface area contributed by atoms with Crippen LogP contribution in [-0.4, -0.2) is 54.1 Å². The maximum Gasteiger partial charge on any atom is 0.244 e. The number of carbonyl (C=O) groups excluding carboxylic acids is 1. The van der Waals surface area contributed by atoms with Crippen LogP contribution < -0.4 is 5.32 Å². The highest BCUT2D eigenvalue weighted by Gasteiger charge is 2.57. The van der Waals surface area contributed by atoms with E-state index in [2.05, 4.69) is 10.2 Å². The molecular weight excluding hydrogens is 190 g/mol. The molecule has 3 aliphatic rings. The molecule has 3 saturated heterocycles. The van der Waals surface area contributed by atoms with Crippen molar-refractivity contribution >= 4 is 5.91 Å². The Morgan fingerprint density at radius 3 is 2.87 bits per heavy atom. The van der Waals surface area contributed by atoms with E-state index in [9.17, 15) is 4.79 Å². The summed E-state index contributed by atoms with van der Waals surface area (Å²) in [5.74, 6) is 0.369. The van der Waals surface area contributed by atoms with Gasteiger partial charge in [0.25, 0.3) is 0 Å². The standard InChI is InChI=1S/C11H19N3O/c1-13-9-3-2-8-14(9)11(10(13)15)4-6-12-7-5-11/h9,12H,2-8H2,1H3. The van der Waals surface area contributed by atoms with Gasteiger partial charge in [0.05, 0.1) is 6.17 Å². The first-order chi connectivity index (χ1) is 7.26. The van der Waals surface area contributed by atoms with Gasteiger partial charge in [-0.1, -0.05) is 0 Å². The zero-order chi connectivity index (χ0) is 10.5. The Morgan fingerprint density at radius 2 is 2.13 bits per heavy atom. The zero-order valence-electron chi connectivity index (χ0n) is 9.33. The van der Waals surface area contributed by atoms with Crippen LogP contribution in [0.5, 0.6) is 0 Å². The van der Waals surface area contributed by atoms with Crippen molar-refractivity contribution in [1.29, 1.82) is 0 Å². The van der Waals surface area contributed by atoms with E-state index in [4.69, 9.17) is 0 Å². The maximum absolute atomic E-state index is 12.4. The summed E-state index contributed by atoms with van der Waals surface area (Å²) in [5, 5.41) is 3.35. The smallest absolute Gasteiger partial charge is 0.244 e. The van der Waals surface area contributed by atoms with Crippen molar-refractivity contribution in [3.05, 3.63) is 0 Å². The molecule has 3 fully saturated rings. The van der Waals surface area contributed by atoms with Gasteiger partial charge in [0.2, 0.25) is 5.91 Å². The van der Waals surface area contributed by atoms with Gasteiger partial charge in [0.15, 0.2) is 0 Å². The molecule has 4 nitrogen and oxygen atoms in total. The van der Waals surface area contributed by atoms with Gasteiger partial charge in [-0.3, -0.25) is 9.69 Å². The second-order valence-corrected chi connectivity index (χ2v) is 5.01. The van der Waals surface area contributed by atoms with Gasteiger partial charge in [-0.25, -0.2) is 0 Å². The van der Waals surface area contributed by atoms with Gasteiger partial charge in [-0.2, -0.15) is 0 Å². The largest absolute Gasteiger partial charge is 0.328 e. The summed E-state index contributed by atoms with van der Waals surface area (Å²) >= 11 is 0. The Balaban J connectivity index is 1.95. The Labute approximate surface area is 90.6 Å². The number of nitrogens with one attached hydrogen (secondary N) is 1. The molecule has 3 heterocycles. The minimum absolute atomic E-state index is 0.138. The van der Waals surface area contributed by atoms with Gasteiger partial charge < -0.3 is 10.2 Å². The highest BCUT2D eigenvalue weighted by molar-refractivity contribution is 5.89. The van der Waals surface area contributed by atoms with Crippen molar-refractivity contribution in [3.63, 3.8) is 0 Å². The molecular formula is C11H19N3O. The molecule has 15 heavy (non-hydrogen) atoms. The number of piperidine rings is 1. The highest BCUT2D eigenvalue weighted by atomic mass is 16.2. The molecule has 1 unspecified atom stereocenters. The van der Waals surface area contributed by atoms with Crippen molar-refractivity contribution in [1.82, 2.24) is 15.1 Å². The van der Waals surface area contributed by atoms with Crippen LogP contribution in [0.25, 0.3) is 0 Å². The number of carbonyl (C=O) groups is 1. The monoisotopic (exact) mass is 209 g/mol. The molecule has 1 N–H and O–H groups in total. The number of fused-ring (bicyclic) bond motifs is 2. The first-order valence-corrected chi connectivity index (χ1v) is 6.00. The third-order valence-electron chi connectivity index (χ3n) is 4.37. The topological polar surface area (TPSA) is 35.6 Å². The summed E-state index contributed by atoms with van der Waals surface area (Å²) in [6, 6.07) is 0. The minimum Gasteiger partial charge on any atom is -0.328 e. The molecule has 1 atom stereocenters. The Bertz CT molecular complexity index is 286. The fraction of sp³-hybridized carbons (Fsp3) is 0.909. The molecule has 0 aromatic carbocycles. The predicted octanol–water partition coefficient (Wildman–Crippen LogP) is 0.00250. The molecule has 3 rings (SSSR count). The third-order valence-corrected chi connectivity index (χ3v) is 4.37. The van der Waals surface area contributed by atoms with E-state index < -0.39 is 0 Å². The van der Waals surface area contributed by atoms with Crippen LogP contribution in [0.4, 0.5) is 0 Å². The number of nitrogens with zero attached hydrogens (tertiary/aromatic N) is 2. The lowest BCUT2D eigenvalue weighted by molar-refractivity contribution is -0.134. The van der Waals surface area contributed by atoms with Crippen LogP contribution in [0, 0.1) is 0 Å². The van der Waals surface area contributed by atoms with Crippen LogP contribution in [0.1, 0.15) is 25.7 Å². The molecule has 0 bridgehead atoms. The summed E-state index contributed by atoms with van der Waals surface area (Å²) < 4.78 is 0. The maximum atomic E-state index is 12.4. The Hall–Kier alpha value is -0.610. The fourth-order valence-corrected chi connectivity index (χ4v) is 3.58. The summed E-state index contributed by atoms with van der Waals surface area (Å²) in [4.78, 5) is 16.8. The number of hydrogen-bond acceptors (Lipinski definition) is 3. The highest BCUT2D eigenvalue weighted by Crippen LogP contribution is 2.41. The van der Waals surface area contributed by atoms with E-state index in [1.165, 1.54) is 6.42 Å². The van der Waals surface area contributed by atoms with Crippen LogP contribution in [0.3, 0.4) is 0 Å². The van der Waals surface area contributed by atoms with Crippen molar-refractivity contribution in [2.24, 2.45) is 0 Å². The Kier molecular flexibility index (Phi) is 2.04. The van der Waals surface area contributed by atoms with Gasteiger partial charge in [0, 0.05) is 13.6 Å². The van der Waals surface area contributed by atoms with E-state index in [1.807, 2.05) is 11.9 Å². The SMILES string of the molecule is CN1C(=O)C2(CCNCC2)N2CCCC12. The molecule has 0 aliphatic carbocycles. The number of likely N-dealkylation sites (N-methyl/N-ethyl adjacent to an activating group) is 1. The van der Waals surface area contributed by atoms with Crippen molar-refractivity contribution in [2.75, 3.05) is 26.7 Å². The van der Waals surface area contributed by atoms with Gasteiger partial charge in [-0.15, -0.1) is 0 Å². The molecule has 0 aromatic rings. The fourth-order valence-electron chi connectivity index (χ4n) is 3.58. The Morgan fingerprint density at radius 1 is 1.40 bits per heavy atom.